The number of benzene rings is 3. The second-order valence-electron chi connectivity index (χ2n) is 8.83. The van der Waals surface area contributed by atoms with Crippen LogP contribution < -0.4 is 19.1 Å². The number of amides is 1. The van der Waals surface area contributed by atoms with Gasteiger partial charge in [0.15, 0.2) is 0 Å². The molecular weight excluding hydrogens is 520 g/mol. The van der Waals surface area contributed by atoms with Gasteiger partial charge in [0.1, 0.15) is 18.1 Å². The van der Waals surface area contributed by atoms with Crippen LogP contribution in [0.25, 0.3) is 0 Å². The highest BCUT2D eigenvalue weighted by molar-refractivity contribution is 7.92. The standard InChI is InChI=1S/C29H34N2O7S/c1-22(32)31(39(3,34)35)25-9-6-10-27(20-25)37-19-7-17-30-18-16-23-12-14-26(15-13-23)38-21-24-8-4-5-11-28(24)29(33)36-2/h4-6,8-15,20,30H,7,16-19,21H2,1-3H3. The summed E-state index contributed by atoms with van der Waals surface area (Å²) in [5.74, 6) is 0.250. The number of carbonyl (C=O) groups is 2. The van der Waals surface area contributed by atoms with Gasteiger partial charge in [0, 0.05) is 18.6 Å². The second-order valence-corrected chi connectivity index (χ2v) is 10.7. The van der Waals surface area contributed by atoms with Crippen LogP contribution in [0.4, 0.5) is 5.69 Å². The zero-order valence-corrected chi connectivity index (χ0v) is 23.2. The largest absolute Gasteiger partial charge is 0.493 e. The molecule has 39 heavy (non-hydrogen) atoms. The molecular formula is C29H34N2O7S. The van der Waals surface area contributed by atoms with Gasteiger partial charge >= 0.3 is 5.97 Å². The van der Waals surface area contributed by atoms with Crippen molar-refractivity contribution < 1.29 is 32.2 Å². The van der Waals surface area contributed by atoms with E-state index in [2.05, 4.69) is 5.32 Å². The molecule has 10 heteroatoms. The van der Waals surface area contributed by atoms with Gasteiger partial charge in [-0.1, -0.05) is 36.4 Å². The molecule has 9 nitrogen and oxygen atoms in total. The number of rotatable bonds is 14. The van der Waals surface area contributed by atoms with Crippen molar-refractivity contribution in [2.45, 2.75) is 26.4 Å². The maximum absolute atomic E-state index is 11.9. The molecule has 0 radical (unpaired) electrons. The molecule has 0 spiro atoms. The highest BCUT2D eigenvalue weighted by Crippen LogP contribution is 2.23. The Morgan fingerprint density at radius 1 is 0.897 bits per heavy atom. The maximum atomic E-state index is 11.9. The number of nitrogens with one attached hydrogen (secondary N) is 1. The van der Waals surface area contributed by atoms with Crippen LogP contribution in [0.2, 0.25) is 0 Å². The number of carbonyl (C=O) groups excluding carboxylic acids is 2. The maximum Gasteiger partial charge on any atom is 0.338 e. The summed E-state index contributed by atoms with van der Waals surface area (Å²) in [6, 6.07) is 21.5. The zero-order valence-electron chi connectivity index (χ0n) is 22.4. The monoisotopic (exact) mass is 554 g/mol. The van der Waals surface area contributed by atoms with Crippen LogP contribution in [0.1, 0.15) is 34.8 Å². The van der Waals surface area contributed by atoms with Gasteiger partial charge in [-0.3, -0.25) is 4.79 Å². The van der Waals surface area contributed by atoms with E-state index >= 15 is 0 Å². The van der Waals surface area contributed by atoms with Gasteiger partial charge in [-0.15, -0.1) is 0 Å². The number of ether oxygens (including phenoxy) is 3. The second kappa shape index (κ2) is 14.3. The van der Waals surface area contributed by atoms with Crippen LogP contribution in [-0.4, -0.2) is 53.4 Å². The third-order valence-electron chi connectivity index (χ3n) is 5.77. The van der Waals surface area contributed by atoms with E-state index in [1.165, 1.54) is 19.6 Å². The first kappa shape index (κ1) is 29.7. The minimum absolute atomic E-state index is 0.253. The lowest BCUT2D eigenvalue weighted by atomic mass is 10.1. The van der Waals surface area contributed by atoms with Crippen molar-refractivity contribution in [1.82, 2.24) is 5.32 Å². The molecule has 0 unspecified atom stereocenters. The van der Waals surface area contributed by atoms with Crippen molar-refractivity contribution in [1.29, 1.82) is 0 Å². The number of methoxy groups -OCH3 is 1. The van der Waals surface area contributed by atoms with Crippen molar-refractivity contribution in [3.05, 3.63) is 89.5 Å². The molecule has 0 heterocycles. The Morgan fingerprint density at radius 3 is 2.33 bits per heavy atom. The third-order valence-corrected chi connectivity index (χ3v) is 6.90. The minimum Gasteiger partial charge on any atom is -0.493 e. The molecule has 0 saturated heterocycles. The molecule has 0 fully saturated rings. The molecule has 0 bridgehead atoms. The van der Waals surface area contributed by atoms with Crippen LogP contribution >= 0.6 is 0 Å². The molecule has 1 amide bonds. The lowest BCUT2D eigenvalue weighted by molar-refractivity contribution is -0.115. The van der Waals surface area contributed by atoms with E-state index in [-0.39, 0.29) is 18.3 Å². The van der Waals surface area contributed by atoms with Crippen LogP contribution in [0.3, 0.4) is 0 Å². The molecule has 0 saturated carbocycles. The van der Waals surface area contributed by atoms with Crippen LogP contribution in [0.5, 0.6) is 11.5 Å². The fourth-order valence-electron chi connectivity index (χ4n) is 3.92. The summed E-state index contributed by atoms with van der Waals surface area (Å²) in [6.45, 7) is 3.47. The molecule has 0 atom stereocenters. The Labute approximate surface area is 229 Å². The summed E-state index contributed by atoms with van der Waals surface area (Å²) in [5, 5.41) is 3.38. The van der Waals surface area contributed by atoms with E-state index in [1.54, 1.807) is 36.4 Å². The average molecular weight is 555 g/mol. The highest BCUT2D eigenvalue weighted by atomic mass is 32.2. The molecule has 1 N–H and O–H groups in total. The predicted octanol–water partition coefficient (Wildman–Crippen LogP) is 3.97. The van der Waals surface area contributed by atoms with Gasteiger partial charge in [0.25, 0.3) is 0 Å². The summed E-state index contributed by atoms with van der Waals surface area (Å²) < 4.78 is 41.0. The van der Waals surface area contributed by atoms with Gasteiger partial charge in [0.05, 0.1) is 31.2 Å². The molecule has 0 aliphatic rings. The number of nitrogens with zero attached hydrogens (tertiary/aromatic N) is 1. The van der Waals surface area contributed by atoms with Gasteiger partial charge in [0.2, 0.25) is 15.9 Å². The van der Waals surface area contributed by atoms with Crippen LogP contribution in [0.15, 0.2) is 72.8 Å². The fraction of sp³-hybridized carbons (Fsp3) is 0.310. The lowest BCUT2D eigenvalue weighted by Gasteiger charge is -2.19. The van der Waals surface area contributed by atoms with Gasteiger partial charge in [-0.05, 0) is 61.8 Å². The van der Waals surface area contributed by atoms with Gasteiger partial charge in [-0.25, -0.2) is 17.5 Å². The Balaban J connectivity index is 1.36. The highest BCUT2D eigenvalue weighted by Gasteiger charge is 2.22. The first-order chi connectivity index (χ1) is 18.7. The smallest absolute Gasteiger partial charge is 0.338 e. The summed E-state index contributed by atoms with van der Waals surface area (Å²) in [4.78, 5) is 23.7. The summed E-state index contributed by atoms with van der Waals surface area (Å²) in [6.07, 6.45) is 2.60. The third kappa shape index (κ3) is 9.12. The predicted molar refractivity (Wildman–Crippen MR) is 150 cm³/mol. The van der Waals surface area contributed by atoms with Crippen molar-refractivity contribution in [3.63, 3.8) is 0 Å². The van der Waals surface area contributed by atoms with Crippen molar-refractivity contribution in [2.24, 2.45) is 0 Å². The van der Waals surface area contributed by atoms with Crippen molar-refractivity contribution in [2.75, 3.05) is 37.4 Å². The molecule has 0 aromatic heterocycles. The van der Waals surface area contributed by atoms with E-state index < -0.39 is 15.9 Å². The first-order valence-corrected chi connectivity index (χ1v) is 14.4. The summed E-state index contributed by atoms with van der Waals surface area (Å²) in [5.41, 5.74) is 2.68. The lowest BCUT2D eigenvalue weighted by Crippen LogP contribution is -2.34. The minimum atomic E-state index is -3.72. The molecule has 0 aliphatic carbocycles. The SMILES string of the molecule is COC(=O)c1ccccc1COc1ccc(CCNCCCOc2cccc(N(C(C)=O)S(C)(=O)=O)c2)cc1. The Hall–Kier alpha value is -3.89. The number of hydrogen-bond donors (Lipinski definition) is 1. The molecule has 3 aromatic carbocycles. The Morgan fingerprint density at radius 2 is 1.64 bits per heavy atom. The molecule has 0 aliphatic heterocycles. The van der Waals surface area contributed by atoms with Crippen molar-refractivity contribution >= 4 is 27.6 Å². The molecule has 3 aromatic rings. The summed E-state index contributed by atoms with van der Waals surface area (Å²) >= 11 is 0. The molecule has 208 valence electrons. The summed E-state index contributed by atoms with van der Waals surface area (Å²) in [7, 11) is -2.36. The van der Waals surface area contributed by atoms with E-state index in [0.29, 0.717) is 17.9 Å². The first-order valence-electron chi connectivity index (χ1n) is 12.5. The van der Waals surface area contributed by atoms with E-state index in [4.69, 9.17) is 14.2 Å². The topological polar surface area (TPSA) is 111 Å². The van der Waals surface area contributed by atoms with Crippen LogP contribution in [0, 0.1) is 0 Å². The van der Waals surface area contributed by atoms with E-state index in [9.17, 15) is 18.0 Å². The Kier molecular flexibility index (Phi) is 10.9. The Bertz CT molecular complexity index is 1360. The normalized spacial score (nSPS) is 11.1. The number of hydrogen-bond acceptors (Lipinski definition) is 8. The number of sulfonamides is 1. The number of esters is 1. The van der Waals surface area contributed by atoms with Gasteiger partial charge < -0.3 is 19.5 Å². The average Bonchev–Trinajstić information content (AvgIpc) is 2.91. The fourth-order valence-corrected chi connectivity index (χ4v) is 4.88. The van der Waals surface area contributed by atoms with E-state index in [1.807, 2.05) is 36.4 Å². The molecule has 3 rings (SSSR count). The number of anilines is 1. The van der Waals surface area contributed by atoms with Gasteiger partial charge in [-0.2, -0.15) is 0 Å². The quantitative estimate of drug-likeness (QED) is 0.235. The zero-order chi connectivity index (χ0) is 28.3. The van der Waals surface area contributed by atoms with Crippen molar-refractivity contribution in [3.8, 4) is 11.5 Å². The van der Waals surface area contributed by atoms with E-state index in [0.717, 1.165) is 47.8 Å². The van der Waals surface area contributed by atoms with Crippen LogP contribution in [-0.2, 0) is 32.6 Å².